The average Bonchev–Trinajstić information content (AvgIpc) is 3.66. The largest absolute Gasteiger partial charge is 0.310 e. The van der Waals surface area contributed by atoms with Gasteiger partial charge in [-0.3, -0.25) is 0 Å². The van der Waals surface area contributed by atoms with Crippen molar-refractivity contribution in [2.45, 2.75) is 0 Å². The molecule has 0 radical (unpaired) electrons. The van der Waals surface area contributed by atoms with Gasteiger partial charge in [0, 0.05) is 37.1 Å². The molecule has 11 rings (SSSR count). The Morgan fingerprint density at radius 3 is 1.62 bits per heavy atom. The maximum Gasteiger partial charge on any atom is 0.0547 e. The summed E-state index contributed by atoms with van der Waals surface area (Å²) in [6.07, 6.45) is 0. The fraction of sp³-hybridized carbons (Fsp3) is 0. The van der Waals surface area contributed by atoms with Gasteiger partial charge in [0.05, 0.1) is 5.69 Å². The minimum Gasteiger partial charge on any atom is -0.310 e. The minimum absolute atomic E-state index is 1.10. The SMILES string of the molecule is c1ccc(-c2ccc(N(c3ccc(-c4ccc5ccccc5c4)cc3)c3ccc4sc5ccccc5c4c3-c3cc4ccccc4c4ccccc34)cc2)cc1. The van der Waals surface area contributed by atoms with Gasteiger partial charge in [0.2, 0.25) is 0 Å². The van der Waals surface area contributed by atoms with Gasteiger partial charge in [0.1, 0.15) is 0 Å². The summed E-state index contributed by atoms with van der Waals surface area (Å²) in [6, 6.07) is 77.8. The van der Waals surface area contributed by atoms with E-state index >= 15 is 0 Å². The van der Waals surface area contributed by atoms with E-state index in [0.29, 0.717) is 0 Å². The Morgan fingerprint density at radius 2 is 0.875 bits per heavy atom. The second-order valence-electron chi connectivity index (χ2n) is 14.5. The first kappa shape index (κ1) is 32.4. The van der Waals surface area contributed by atoms with Crippen LogP contribution in [0.3, 0.4) is 0 Å². The fourth-order valence-corrected chi connectivity index (χ4v) is 9.67. The van der Waals surface area contributed by atoms with Crippen molar-refractivity contribution in [2.24, 2.45) is 0 Å². The van der Waals surface area contributed by atoms with Crippen LogP contribution in [0, 0.1) is 0 Å². The van der Waals surface area contributed by atoms with Crippen LogP contribution in [0.1, 0.15) is 0 Å². The Labute approximate surface area is 330 Å². The molecule has 0 atom stereocenters. The molecule has 0 saturated carbocycles. The summed E-state index contributed by atoms with van der Waals surface area (Å²) in [5.41, 5.74) is 10.6. The fourth-order valence-electron chi connectivity index (χ4n) is 8.56. The summed E-state index contributed by atoms with van der Waals surface area (Å²) in [4.78, 5) is 2.46. The number of thiophene rings is 1. The zero-order valence-electron chi connectivity index (χ0n) is 30.6. The van der Waals surface area contributed by atoms with Crippen LogP contribution in [0.5, 0.6) is 0 Å². The van der Waals surface area contributed by atoms with E-state index in [4.69, 9.17) is 0 Å². The second-order valence-corrected chi connectivity index (χ2v) is 15.6. The smallest absolute Gasteiger partial charge is 0.0547 e. The van der Waals surface area contributed by atoms with Crippen LogP contribution in [-0.4, -0.2) is 0 Å². The van der Waals surface area contributed by atoms with Crippen LogP contribution >= 0.6 is 11.3 Å². The maximum absolute atomic E-state index is 2.46. The molecule has 2 heteroatoms. The third-order valence-electron chi connectivity index (χ3n) is 11.2. The van der Waals surface area contributed by atoms with E-state index < -0.39 is 0 Å². The molecular weight excluding hydrogens is 695 g/mol. The molecular formula is C54H35NS. The van der Waals surface area contributed by atoms with Crippen molar-refractivity contribution in [1.82, 2.24) is 0 Å². The van der Waals surface area contributed by atoms with E-state index in [9.17, 15) is 0 Å². The molecule has 1 heterocycles. The molecule has 0 bridgehead atoms. The molecule has 0 aliphatic heterocycles. The molecule has 56 heavy (non-hydrogen) atoms. The highest BCUT2D eigenvalue weighted by Crippen LogP contribution is 2.51. The van der Waals surface area contributed by atoms with E-state index in [1.54, 1.807) is 0 Å². The highest BCUT2D eigenvalue weighted by Gasteiger charge is 2.24. The number of fused-ring (bicyclic) bond motifs is 7. The lowest BCUT2D eigenvalue weighted by molar-refractivity contribution is 1.29. The van der Waals surface area contributed by atoms with Gasteiger partial charge in [-0.25, -0.2) is 0 Å². The predicted octanol–water partition coefficient (Wildman–Crippen LogP) is 16.0. The summed E-state index contributed by atoms with van der Waals surface area (Å²) < 4.78 is 2.58. The monoisotopic (exact) mass is 729 g/mol. The van der Waals surface area contributed by atoms with Gasteiger partial charge < -0.3 is 4.90 Å². The van der Waals surface area contributed by atoms with Crippen LogP contribution in [0.4, 0.5) is 17.1 Å². The van der Waals surface area contributed by atoms with Gasteiger partial charge in [-0.2, -0.15) is 0 Å². The Balaban J connectivity index is 1.18. The summed E-state index contributed by atoms with van der Waals surface area (Å²) in [5, 5.41) is 10.1. The molecule has 262 valence electrons. The van der Waals surface area contributed by atoms with Crippen molar-refractivity contribution < 1.29 is 0 Å². The van der Waals surface area contributed by atoms with Crippen molar-refractivity contribution >= 4 is 80.9 Å². The molecule has 11 aromatic rings. The standard InChI is InChI=1S/C54H35NS/c1-2-12-36(13-3-1)38-24-28-43(29-25-38)55(44-30-26-39(27-31-44)41-23-22-37-14-4-5-15-40(37)34-41)50-32-33-52-54(48-20-10-11-21-51(48)56-52)53(50)49-35-42-16-6-7-17-45(42)46-18-8-9-19-47(46)49/h1-35H. The van der Waals surface area contributed by atoms with Gasteiger partial charge in [-0.1, -0.05) is 158 Å². The molecule has 0 aliphatic rings. The lowest BCUT2D eigenvalue weighted by atomic mass is 9.89. The summed E-state index contributed by atoms with van der Waals surface area (Å²) in [6.45, 7) is 0. The Kier molecular flexibility index (Phi) is 7.75. The van der Waals surface area contributed by atoms with Crippen molar-refractivity contribution in [3.05, 3.63) is 212 Å². The molecule has 0 spiro atoms. The zero-order chi connectivity index (χ0) is 37.0. The summed E-state index contributed by atoms with van der Waals surface area (Å²) >= 11 is 1.87. The number of rotatable bonds is 6. The lowest BCUT2D eigenvalue weighted by Crippen LogP contribution is -2.11. The summed E-state index contributed by atoms with van der Waals surface area (Å²) in [7, 11) is 0. The van der Waals surface area contributed by atoms with E-state index in [0.717, 1.165) is 17.1 Å². The maximum atomic E-state index is 2.46. The van der Waals surface area contributed by atoms with E-state index in [1.807, 2.05) is 11.3 Å². The number of hydrogen-bond donors (Lipinski definition) is 0. The van der Waals surface area contributed by atoms with E-state index in [2.05, 4.69) is 217 Å². The number of hydrogen-bond acceptors (Lipinski definition) is 2. The van der Waals surface area contributed by atoms with Crippen LogP contribution in [-0.2, 0) is 0 Å². The van der Waals surface area contributed by atoms with Gasteiger partial charge in [0.25, 0.3) is 0 Å². The van der Waals surface area contributed by atoms with E-state index in [1.165, 1.54) is 85.9 Å². The lowest BCUT2D eigenvalue weighted by Gasteiger charge is -2.29. The number of nitrogens with zero attached hydrogens (tertiary/aromatic N) is 1. The number of anilines is 3. The zero-order valence-corrected chi connectivity index (χ0v) is 31.4. The number of benzene rings is 10. The molecule has 1 aromatic heterocycles. The Morgan fingerprint density at radius 1 is 0.321 bits per heavy atom. The molecule has 0 saturated heterocycles. The third-order valence-corrected chi connectivity index (χ3v) is 12.4. The first-order chi connectivity index (χ1) is 27.8. The van der Waals surface area contributed by atoms with E-state index in [-0.39, 0.29) is 0 Å². The second kappa shape index (κ2) is 13.4. The summed E-state index contributed by atoms with van der Waals surface area (Å²) in [5.74, 6) is 0. The molecule has 0 aliphatic carbocycles. The van der Waals surface area contributed by atoms with Crippen LogP contribution < -0.4 is 4.90 Å². The van der Waals surface area contributed by atoms with Crippen LogP contribution in [0.15, 0.2) is 212 Å². The van der Waals surface area contributed by atoms with Crippen LogP contribution in [0.25, 0.3) is 85.9 Å². The highest BCUT2D eigenvalue weighted by atomic mass is 32.1. The molecule has 1 nitrogen and oxygen atoms in total. The Bertz CT molecular complexity index is 3230. The minimum atomic E-state index is 1.10. The van der Waals surface area contributed by atoms with Crippen molar-refractivity contribution in [3.63, 3.8) is 0 Å². The predicted molar refractivity (Wildman–Crippen MR) is 243 cm³/mol. The van der Waals surface area contributed by atoms with Gasteiger partial charge in [-0.05, 0) is 115 Å². The first-order valence-electron chi connectivity index (χ1n) is 19.2. The van der Waals surface area contributed by atoms with Crippen LogP contribution in [0.2, 0.25) is 0 Å². The first-order valence-corrected chi connectivity index (χ1v) is 20.0. The molecule has 10 aromatic carbocycles. The van der Waals surface area contributed by atoms with Gasteiger partial charge in [0.15, 0.2) is 0 Å². The normalized spacial score (nSPS) is 11.6. The quantitative estimate of drug-likeness (QED) is 0.154. The van der Waals surface area contributed by atoms with Crippen molar-refractivity contribution in [1.29, 1.82) is 0 Å². The van der Waals surface area contributed by atoms with Crippen molar-refractivity contribution in [2.75, 3.05) is 4.90 Å². The van der Waals surface area contributed by atoms with Gasteiger partial charge >= 0.3 is 0 Å². The van der Waals surface area contributed by atoms with Gasteiger partial charge in [-0.15, -0.1) is 11.3 Å². The third kappa shape index (κ3) is 5.46. The Hall–Kier alpha value is -7.00. The molecule has 0 fully saturated rings. The highest BCUT2D eigenvalue weighted by molar-refractivity contribution is 7.26. The molecule has 0 amide bonds. The van der Waals surface area contributed by atoms with Crippen molar-refractivity contribution in [3.8, 4) is 33.4 Å². The average molecular weight is 730 g/mol. The molecule has 0 unspecified atom stereocenters. The topological polar surface area (TPSA) is 3.24 Å². The molecule has 0 N–H and O–H groups in total.